The summed E-state index contributed by atoms with van der Waals surface area (Å²) in [4.78, 5) is 13.1. The number of nitro groups is 1. The highest BCUT2D eigenvalue weighted by Crippen LogP contribution is 2.31. The molecule has 0 saturated heterocycles. The number of hydrogen-bond acceptors (Lipinski definition) is 4. The normalized spacial score (nSPS) is 10.6. The minimum Gasteiger partial charge on any atom is -0.337 e. The van der Waals surface area contributed by atoms with E-state index in [1.807, 2.05) is 0 Å². The van der Waals surface area contributed by atoms with Gasteiger partial charge in [-0.2, -0.15) is 0 Å². The number of nitro benzene ring substituents is 1. The minimum atomic E-state index is -0.424. The Labute approximate surface area is 95.9 Å². The third-order valence-corrected chi connectivity index (χ3v) is 3.52. The van der Waals surface area contributed by atoms with Gasteiger partial charge in [-0.1, -0.05) is 0 Å². The molecule has 0 saturated carbocycles. The molecule has 0 amide bonds. The third-order valence-electron chi connectivity index (χ3n) is 1.69. The van der Waals surface area contributed by atoms with E-state index in [2.05, 4.69) is 20.9 Å². The molecule has 1 aromatic heterocycles. The number of fused-ring (bicyclic) bond motifs is 1. The van der Waals surface area contributed by atoms with E-state index in [1.54, 1.807) is 6.07 Å². The van der Waals surface area contributed by atoms with E-state index >= 15 is 0 Å². The molecule has 0 unspecified atom stereocenters. The molecular weight excluding hydrogens is 288 g/mol. The predicted octanol–water partition coefficient (Wildman–Crippen LogP) is 3.63. The Morgan fingerprint density at radius 2 is 2.29 bits per heavy atom. The van der Waals surface area contributed by atoms with Crippen LogP contribution in [0.25, 0.3) is 10.2 Å². The molecule has 0 spiro atoms. The minimum absolute atomic E-state index is 0.0581. The number of benzene rings is 1. The first kappa shape index (κ1) is 9.75. The van der Waals surface area contributed by atoms with Crippen LogP contribution in [0.3, 0.4) is 0 Å². The van der Waals surface area contributed by atoms with Crippen molar-refractivity contribution in [3.63, 3.8) is 0 Å². The summed E-state index contributed by atoms with van der Waals surface area (Å²) in [5.74, 6) is 0. The summed E-state index contributed by atoms with van der Waals surface area (Å²) in [6.07, 6.45) is 0. The van der Waals surface area contributed by atoms with Crippen molar-refractivity contribution in [3.8, 4) is 0 Å². The quantitative estimate of drug-likeness (QED) is 0.496. The van der Waals surface area contributed by atoms with Crippen molar-refractivity contribution in [1.82, 2.24) is 4.98 Å². The van der Waals surface area contributed by atoms with E-state index in [4.69, 9.17) is 12.2 Å². The summed E-state index contributed by atoms with van der Waals surface area (Å²) in [5.41, 5.74) is 0.875. The van der Waals surface area contributed by atoms with Gasteiger partial charge in [-0.15, -0.1) is 11.3 Å². The van der Waals surface area contributed by atoms with Crippen LogP contribution in [-0.4, -0.2) is 9.91 Å². The highest BCUT2D eigenvalue weighted by atomic mass is 79.9. The second-order valence-electron chi connectivity index (χ2n) is 2.57. The fraction of sp³-hybridized carbons (Fsp3) is 0. The van der Waals surface area contributed by atoms with E-state index in [9.17, 15) is 10.1 Å². The van der Waals surface area contributed by atoms with Crippen molar-refractivity contribution in [2.24, 2.45) is 0 Å². The zero-order valence-corrected chi connectivity index (χ0v) is 9.83. The van der Waals surface area contributed by atoms with E-state index in [-0.39, 0.29) is 5.69 Å². The van der Waals surface area contributed by atoms with Gasteiger partial charge in [0.25, 0.3) is 5.69 Å². The van der Waals surface area contributed by atoms with Gasteiger partial charge in [-0.05, 0) is 34.2 Å². The molecule has 4 nitrogen and oxygen atoms in total. The first-order valence-electron chi connectivity index (χ1n) is 3.54. The number of hydrogen-bond donors (Lipinski definition) is 1. The molecule has 14 heavy (non-hydrogen) atoms. The van der Waals surface area contributed by atoms with Crippen molar-refractivity contribution < 1.29 is 4.92 Å². The molecule has 0 radical (unpaired) electrons. The number of nitrogens with zero attached hydrogens (tertiary/aromatic N) is 1. The number of H-pyrrole nitrogens is 1. The Balaban J connectivity index is 2.82. The smallest absolute Gasteiger partial charge is 0.285 e. The van der Waals surface area contributed by atoms with Gasteiger partial charge in [-0.3, -0.25) is 10.1 Å². The Hall–Kier alpha value is -0.790. The largest absolute Gasteiger partial charge is 0.337 e. The van der Waals surface area contributed by atoms with Crippen LogP contribution in [0.5, 0.6) is 0 Å². The maximum absolute atomic E-state index is 10.6. The average Bonchev–Trinajstić information content (AvgIpc) is 2.42. The summed E-state index contributed by atoms with van der Waals surface area (Å²) in [6, 6.07) is 3.18. The van der Waals surface area contributed by atoms with Crippen LogP contribution in [0, 0.1) is 14.1 Å². The maximum atomic E-state index is 10.6. The Kier molecular flexibility index (Phi) is 2.38. The van der Waals surface area contributed by atoms with Gasteiger partial charge >= 0.3 is 0 Å². The van der Waals surface area contributed by atoms with Gasteiger partial charge in [0, 0.05) is 6.07 Å². The van der Waals surface area contributed by atoms with Crippen LogP contribution in [0.1, 0.15) is 0 Å². The number of rotatable bonds is 1. The highest BCUT2D eigenvalue weighted by molar-refractivity contribution is 9.10. The van der Waals surface area contributed by atoms with E-state index in [0.717, 1.165) is 10.2 Å². The van der Waals surface area contributed by atoms with Crippen LogP contribution >= 0.6 is 39.5 Å². The van der Waals surface area contributed by atoms with Crippen molar-refractivity contribution in [2.75, 3.05) is 0 Å². The van der Waals surface area contributed by atoms with Crippen molar-refractivity contribution in [3.05, 3.63) is 30.7 Å². The van der Waals surface area contributed by atoms with Crippen molar-refractivity contribution >= 4 is 55.4 Å². The zero-order chi connectivity index (χ0) is 10.3. The fourth-order valence-electron chi connectivity index (χ4n) is 1.10. The lowest BCUT2D eigenvalue weighted by molar-refractivity contribution is -0.385. The van der Waals surface area contributed by atoms with E-state index in [1.165, 1.54) is 17.4 Å². The Morgan fingerprint density at radius 3 is 2.93 bits per heavy atom. The van der Waals surface area contributed by atoms with Gasteiger partial charge in [-0.25, -0.2) is 0 Å². The second kappa shape index (κ2) is 3.41. The zero-order valence-electron chi connectivity index (χ0n) is 6.61. The van der Waals surface area contributed by atoms with Crippen LogP contribution in [0.15, 0.2) is 16.6 Å². The summed E-state index contributed by atoms with van der Waals surface area (Å²) in [5, 5.41) is 10.6. The summed E-state index contributed by atoms with van der Waals surface area (Å²) in [6.45, 7) is 0. The molecule has 0 aliphatic carbocycles. The summed E-state index contributed by atoms with van der Waals surface area (Å²) in [7, 11) is 0. The molecule has 2 aromatic rings. The highest BCUT2D eigenvalue weighted by Gasteiger charge is 2.13. The molecule has 0 aliphatic rings. The van der Waals surface area contributed by atoms with E-state index in [0.29, 0.717) is 8.43 Å². The molecule has 0 bridgehead atoms. The second-order valence-corrected chi connectivity index (χ2v) is 5.14. The van der Waals surface area contributed by atoms with Gasteiger partial charge in [0.15, 0.2) is 3.95 Å². The predicted molar refractivity (Wildman–Crippen MR) is 61.4 cm³/mol. The topological polar surface area (TPSA) is 58.9 Å². The molecular formula is C7H3BrN2O2S2. The number of halogens is 1. The molecule has 1 heterocycles. The lowest BCUT2D eigenvalue weighted by Gasteiger charge is -1.94. The van der Waals surface area contributed by atoms with Gasteiger partial charge in [0.1, 0.15) is 0 Å². The average molecular weight is 291 g/mol. The Morgan fingerprint density at radius 1 is 1.57 bits per heavy atom. The van der Waals surface area contributed by atoms with Crippen molar-refractivity contribution in [2.45, 2.75) is 0 Å². The molecule has 72 valence electrons. The molecule has 0 atom stereocenters. The van der Waals surface area contributed by atoms with Crippen LogP contribution in [-0.2, 0) is 0 Å². The summed E-state index contributed by atoms with van der Waals surface area (Å²) < 4.78 is 1.87. The van der Waals surface area contributed by atoms with Gasteiger partial charge in [0.05, 0.1) is 19.6 Å². The molecule has 0 fully saturated rings. The standard InChI is InChI=1S/C7H3BrN2O2S2/c8-3-1-4-6(14-7(13)9-4)2-5(3)10(11)12/h1-2H,(H,9,13). The molecule has 2 rings (SSSR count). The monoisotopic (exact) mass is 290 g/mol. The number of nitrogens with one attached hydrogen (secondary N) is 1. The summed E-state index contributed by atoms with van der Waals surface area (Å²) >= 11 is 9.41. The lowest BCUT2D eigenvalue weighted by Crippen LogP contribution is -1.88. The van der Waals surface area contributed by atoms with Gasteiger partial charge < -0.3 is 4.98 Å². The maximum Gasteiger partial charge on any atom is 0.285 e. The molecule has 1 N–H and O–H groups in total. The first-order chi connectivity index (χ1) is 6.58. The number of aromatic nitrogens is 1. The Bertz CT molecular complexity index is 575. The molecule has 0 aliphatic heterocycles. The van der Waals surface area contributed by atoms with E-state index < -0.39 is 4.92 Å². The fourth-order valence-corrected chi connectivity index (χ4v) is 2.72. The molecule has 7 heteroatoms. The third kappa shape index (κ3) is 1.58. The van der Waals surface area contributed by atoms with Crippen LogP contribution < -0.4 is 0 Å². The van der Waals surface area contributed by atoms with Crippen LogP contribution in [0.2, 0.25) is 0 Å². The number of aromatic amines is 1. The van der Waals surface area contributed by atoms with Gasteiger partial charge in [0.2, 0.25) is 0 Å². The molecule has 1 aromatic carbocycles. The lowest BCUT2D eigenvalue weighted by atomic mass is 10.3. The number of thiazole rings is 1. The SMILES string of the molecule is O=[N+]([O-])c1cc2sc(=S)[nH]c2cc1Br. The van der Waals surface area contributed by atoms with Crippen molar-refractivity contribution in [1.29, 1.82) is 0 Å². The first-order valence-corrected chi connectivity index (χ1v) is 5.56. The van der Waals surface area contributed by atoms with Crippen LogP contribution in [0.4, 0.5) is 5.69 Å².